The monoisotopic (exact) mass is 240 g/mol. The summed E-state index contributed by atoms with van der Waals surface area (Å²) in [7, 11) is 0. The molecule has 3 rings (SSSR count). The van der Waals surface area contributed by atoms with Crippen LogP contribution >= 0.6 is 0 Å². The molecule has 0 spiro atoms. The van der Waals surface area contributed by atoms with Crippen LogP contribution in [0.25, 0.3) is 10.8 Å². The highest BCUT2D eigenvalue weighted by atomic mass is 15.2. The second kappa shape index (κ2) is 5.09. The third kappa shape index (κ3) is 2.26. The van der Waals surface area contributed by atoms with Gasteiger partial charge in [0.15, 0.2) is 0 Å². The summed E-state index contributed by atoms with van der Waals surface area (Å²) in [6.45, 7) is 3.01. The molecule has 2 aromatic carbocycles. The zero-order chi connectivity index (χ0) is 12.4. The van der Waals surface area contributed by atoms with E-state index in [1.807, 2.05) is 0 Å². The molecule has 0 saturated carbocycles. The van der Waals surface area contributed by atoms with Crippen molar-refractivity contribution in [3.63, 3.8) is 0 Å². The van der Waals surface area contributed by atoms with Crippen LogP contribution in [-0.2, 0) is 6.54 Å². The van der Waals surface area contributed by atoms with Gasteiger partial charge in [0.05, 0.1) is 0 Å². The zero-order valence-electron chi connectivity index (χ0n) is 10.7. The molecule has 1 aliphatic rings. The SMILES string of the molecule is NC[C@H]1CCCN1Cc1ccc2ccccc2c1. The Labute approximate surface area is 108 Å². The van der Waals surface area contributed by atoms with Crippen molar-refractivity contribution in [3.05, 3.63) is 48.0 Å². The predicted molar refractivity (Wildman–Crippen MR) is 76.4 cm³/mol. The lowest BCUT2D eigenvalue weighted by molar-refractivity contribution is 0.250. The molecule has 0 radical (unpaired) electrons. The number of nitrogens with zero attached hydrogens (tertiary/aromatic N) is 1. The van der Waals surface area contributed by atoms with Crippen molar-refractivity contribution in [2.24, 2.45) is 5.73 Å². The molecule has 2 N–H and O–H groups in total. The van der Waals surface area contributed by atoms with Crippen LogP contribution in [0.15, 0.2) is 42.5 Å². The van der Waals surface area contributed by atoms with Gasteiger partial charge in [0, 0.05) is 19.1 Å². The fourth-order valence-electron chi connectivity index (χ4n) is 2.94. The highest BCUT2D eigenvalue weighted by molar-refractivity contribution is 5.82. The summed E-state index contributed by atoms with van der Waals surface area (Å²) in [5.74, 6) is 0. The van der Waals surface area contributed by atoms with Gasteiger partial charge in [-0.15, -0.1) is 0 Å². The maximum atomic E-state index is 5.83. The molecule has 1 saturated heterocycles. The quantitative estimate of drug-likeness (QED) is 0.894. The Morgan fingerprint density at radius 3 is 2.78 bits per heavy atom. The third-order valence-electron chi connectivity index (χ3n) is 3.97. The van der Waals surface area contributed by atoms with Gasteiger partial charge in [0.1, 0.15) is 0 Å². The highest BCUT2D eigenvalue weighted by Crippen LogP contribution is 2.21. The van der Waals surface area contributed by atoms with Gasteiger partial charge in [0.25, 0.3) is 0 Å². The summed E-state index contributed by atoms with van der Waals surface area (Å²) in [5.41, 5.74) is 7.22. The Balaban J connectivity index is 1.82. The van der Waals surface area contributed by atoms with Gasteiger partial charge in [-0.2, -0.15) is 0 Å². The first-order valence-corrected chi connectivity index (χ1v) is 6.78. The van der Waals surface area contributed by atoms with E-state index in [0.29, 0.717) is 6.04 Å². The lowest BCUT2D eigenvalue weighted by Crippen LogP contribution is -2.34. The van der Waals surface area contributed by atoms with E-state index in [0.717, 1.165) is 13.1 Å². The number of hydrogen-bond donors (Lipinski definition) is 1. The average Bonchev–Trinajstić information content (AvgIpc) is 2.86. The number of fused-ring (bicyclic) bond motifs is 1. The minimum Gasteiger partial charge on any atom is -0.329 e. The molecule has 0 bridgehead atoms. The van der Waals surface area contributed by atoms with E-state index in [9.17, 15) is 0 Å². The Morgan fingerprint density at radius 2 is 1.94 bits per heavy atom. The van der Waals surface area contributed by atoms with Crippen LogP contribution < -0.4 is 5.73 Å². The van der Waals surface area contributed by atoms with Crippen molar-refractivity contribution in [1.82, 2.24) is 4.90 Å². The van der Waals surface area contributed by atoms with Gasteiger partial charge in [-0.1, -0.05) is 36.4 Å². The van der Waals surface area contributed by atoms with Gasteiger partial charge in [0.2, 0.25) is 0 Å². The van der Waals surface area contributed by atoms with Crippen molar-refractivity contribution < 1.29 is 0 Å². The molecule has 1 fully saturated rings. The van der Waals surface area contributed by atoms with E-state index < -0.39 is 0 Å². The van der Waals surface area contributed by atoms with Gasteiger partial charge in [-0.25, -0.2) is 0 Å². The molecular formula is C16H20N2. The fraction of sp³-hybridized carbons (Fsp3) is 0.375. The van der Waals surface area contributed by atoms with Crippen LogP contribution in [0.4, 0.5) is 0 Å². The Hall–Kier alpha value is -1.38. The van der Waals surface area contributed by atoms with Crippen molar-refractivity contribution >= 4 is 10.8 Å². The summed E-state index contributed by atoms with van der Waals surface area (Å²) in [6.07, 6.45) is 2.54. The number of rotatable bonds is 3. The largest absolute Gasteiger partial charge is 0.329 e. The summed E-state index contributed by atoms with van der Waals surface area (Å²) >= 11 is 0. The highest BCUT2D eigenvalue weighted by Gasteiger charge is 2.22. The Bertz CT molecular complexity index is 535. The van der Waals surface area contributed by atoms with E-state index in [4.69, 9.17) is 5.73 Å². The summed E-state index contributed by atoms with van der Waals surface area (Å²) in [4.78, 5) is 2.52. The van der Waals surface area contributed by atoms with Crippen LogP contribution in [0, 0.1) is 0 Å². The maximum absolute atomic E-state index is 5.83. The second-order valence-corrected chi connectivity index (χ2v) is 5.18. The van der Waals surface area contributed by atoms with E-state index in [1.54, 1.807) is 0 Å². The summed E-state index contributed by atoms with van der Waals surface area (Å²) in [5, 5.41) is 2.65. The predicted octanol–water partition coefficient (Wildman–Crippen LogP) is 2.76. The molecule has 18 heavy (non-hydrogen) atoms. The van der Waals surface area contributed by atoms with E-state index in [-0.39, 0.29) is 0 Å². The van der Waals surface area contributed by atoms with Crippen molar-refractivity contribution in [2.75, 3.05) is 13.1 Å². The van der Waals surface area contributed by atoms with Gasteiger partial charge in [-0.05, 0) is 41.8 Å². The normalized spacial score (nSPS) is 20.6. The van der Waals surface area contributed by atoms with E-state index >= 15 is 0 Å². The van der Waals surface area contributed by atoms with Crippen LogP contribution in [-0.4, -0.2) is 24.0 Å². The molecule has 1 atom stereocenters. The molecular weight excluding hydrogens is 220 g/mol. The summed E-state index contributed by atoms with van der Waals surface area (Å²) in [6, 6.07) is 15.9. The van der Waals surface area contributed by atoms with E-state index in [1.165, 1.54) is 35.7 Å². The van der Waals surface area contributed by atoms with Crippen molar-refractivity contribution in [1.29, 1.82) is 0 Å². The number of likely N-dealkylation sites (tertiary alicyclic amines) is 1. The second-order valence-electron chi connectivity index (χ2n) is 5.18. The minimum atomic E-state index is 0.580. The number of nitrogens with two attached hydrogens (primary N) is 1. The molecule has 0 unspecified atom stereocenters. The first kappa shape index (κ1) is 11.7. The van der Waals surface area contributed by atoms with Crippen LogP contribution in [0.5, 0.6) is 0 Å². The van der Waals surface area contributed by atoms with Crippen molar-refractivity contribution in [3.8, 4) is 0 Å². The van der Waals surface area contributed by atoms with E-state index in [2.05, 4.69) is 47.4 Å². The lowest BCUT2D eigenvalue weighted by atomic mass is 10.1. The maximum Gasteiger partial charge on any atom is 0.0237 e. The average molecular weight is 240 g/mol. The van der Waals surface area contributed by atoms with Gasteiger partial charge in [-0.3, -0.25) is 4.90 Å². The van der Waals surface area contributed by atoms with Crippen molar-refractivity contribution in [2.45, 2.75) is 25.4 Å². The minimum absolute atomic E-state index is 0.580. The zero-order valence-corrected chi connectivity index (χ0v) is 10.7. The molecule has 0 amide bonds. The van der Waals surface area contributed by atoms with Crippen LogP contribution in [0.1, 0.15) is 18.4 Å². The summed E-state index contributed by atoms with van der Waals surface area (Å²) < 4.78 is 0. The van der Waals surface area contributed by atoms with Gasteiger partial charge < -0.3 is 5.73 Å². The third-order valence-corrected chi connectivity index (χ3v) is 3.97. The smallest absolute Gasteiger partial charge is 0.0237 e. The molecule has 0 aliphatic carbocycles. The first-order valence-electron chi connectivity index (χ1n) is 6.78. The standard InChI is InChI=1S/C16H20N2/c17-11-16-6-3-9-18(16)12-13-7-8-14-4-1-2-5-15(14)10-13/h1-2,4-5,7-8,10,16H,3,6,9,11-12,17H2/t16-/m1/s1. The molecule has 1 aliphatic heterocycles. The first-order chi connectivity index (χ1) is 8.86. The van der Waals surface area contributed by atoms with Crippen LogP contribution in [0.2, 0.25) is 0 Å². The van der Waals surface area contributed by atoms with Gasteiger partial charge >= 0.3 is 0 Å². The fourth-order valence-corrected chi connectivity index (χ4v) is 2.94. The molecule has 2 nitrogen and oxygen atoms in total. The van der Waals surface area contributed by atoms with Crippen LogP contribution in [0.3, 0.4) is 0 Å². The molecule has 2 aromatic rings. The Morgan fingerprint density at radius 1 is 1.11 bits per heavy atom. The number of hydrogen-bond acceptors (Lipinski definition) is 2. The Kier molecular flexibility index (Phi) is 3.31. The topological polar surface area (TPSA) is 29.3 Å². The lowest BCUT2D eigenvalue weighted by Gasteiger charge is -2.23. The molecule has 94 valence electrons. The molecule has 1 heterocycles. The molecule has 0 aromatic heterocycles. The molecule has 2 heteroatoms. The number of benzene rings is 2.